The number of aryl methyl sites for hydroxylation is 1. The quantitative estimate of drug-likeness (QED) is 0.765. The van der Waals surface area contributed by atoms with E-state index in [1.165, 1.54) is 17.7 Å². The average molecular weight is 334 g/mol. The number of halogens is 1. The molecule has 0 aliphatic carbocycles. The molecule has 3 aromatic rings. The molecule has 2 aromatic carbocycles. The number of nitrogens with one attached hydrogen (secondary N) is 1. The van der Waals surface area contributed by atoms with Crippen LogP contribution in [0.3, 0.4) is 0 Å². The van der Waals surface area contributed by atoms with Gasteiger partial charge in [0.1, 0.15) is 5.82 Å². The monoisotopic (exact) mass is 334 g/mol. The molecule has 126 valence electrons. The van der Waals surface area contributed by atoms with Gasteiger partial charge in [-0.15, -0.1) is 0 Å². The lowest BCUT2D eigenvalue weighted by atomic mass is 10.1. The van der Waals surface area contributed by atoms with Gasteiger partial charge in [-0.1, -0.05) is 35.9 Å². The van der Waals surface area contributed by atoms with Gasteiger partial charge in [0, 0.05) is 18.3 Å². The molecule has 1 aromatic heterocycles. The van der Waals surface area contributed by atoms with Crippen LogP contribution in [-0.2, 0) is 17.8 Å². The number of carbonyl (C=O) groups excluding carboxylic acids is 1. The van der Waals surface area contributed by atoms with Gasteiger partial charge in [-0.3, -0.25) is 9.78 Å². The fourth-order valence-electron chi connectivity index (χ4n) is 2.60. The van der Waals surface area contributed by atoms with Gasteiger partial charge in [0.25, 0.3) is 0 Å². The normalized spacial score (nSPS) is 10.5. The van der Waals surface area contributed by atoms with E-state index < -0.39 is 0 Å². The van der Waals surface area contributed by atoms with Gasteiger partial charge >= 0.3 is 0 Å². The van der Waals surface area contributed by atoms with E-state index in [1.807, 2.05) is 43.3 Å². The highest BCUT2D eigenvalue weighted by molar-refractivity contribution is 5.78. The SMILES string of the molecule is Cc1ccc(CC(=O)NCc2cccnc2-c2ccc(F)cc2)cc1. The highest BCUT2D eigenvalue weighted by Crippen LogP contribution is 2.21. The molecule has 1 heterocycles. The Morgan fingerprint density at radius 3 is 2.48 bits per heavy atom. The van der Waals surface area contributed by atoms with Gasteiger partial charge in [0.05, 0.1) is 12.1 Å². The largest absolute Gasteiger partial charge is 0.352 e. The fraction of sp³-hybridized carbons (Fsp3) is 0.143. The Hall–Kier alpha value is -3.01. The number of rotatable bonds is 5. The Bertz CT molecular complexity index is 858. The smallest absolute Gasteiger partial charge is 0.224 e. The van der Waals surface area contributed by atoms with Gasteiger partial charge in [0.2, 0.25) is 5.91 Å². The molecule has 1 amide bonds. The van der Waals surface area contributed by atoms with E-state index in [2.05, 4.69) is 10.3 Å². The first-order valence-electron chi connectivity index (χ1n) is 8.14. The number of aromatic nitrogens is 1. The number of pyridine rings is 1. The van der Waals surface area contributed by atoms with E-state index in [1.54, 1.807) is 18.3 Å². The Morgan fingerprint density at radius 2 is 1.76 bits per heavy atom. The number of nitrogens with zero attached hydrogens (tertiary/aromatic N) is 1. The van der Waals surface area contributed by atoms with Crippen molar-refractivity contribution in [3.63, 3.8) is 0 Å². The molecule has 3 rings (SSSR count). The molecule has 25 heavy (non-hydrogen) atoms. The Balaban J connectivity index is 1.68. The van der Waals surface area contributed by atoms with Gasteiger partial charge in [0.15, 0.2) is 0 Å². The van der Waals surface area contributed by atoms with Crippen LogP contribution < -0.4 is 5.32 Å². The summed E-state index contributed by atoms with van der Waals surface area (Å²) in [5, 5.41) is 2.93. The van der Waals surface area contributed by atoms with Crippen molar-refractivity contribution in [1.82, 2.24) is 10.3 Å². The third-order valence-electron chi connectivity index (χ3n) is 3.97. The Morgan fingerprint density at radius 1 is 1.04 bits per heavy atom. The molecule has 1 N–H and O–H groups in total. The lowest BCUT2D eigenvalue weighted by molar-refractivity contribution is -0.120. The van der Waals surface area contributed by atoms with Crippen molar-refractivity contribution >= 4 is 5.91 Å². The molecule has 0 bridgehead atoms. The minimum atomic E-state index is -0.285. The van der Waals surface area contributed by atoms with Crippen LogP contribution in [-0.4, -0.2) is 10.9 Å². The maximum absolute atomic E-state index is 13.1. The van der Waals surface area contributed by atoms with E-state index in [9.17, 15) is 9.18 Å². The van der Waals surface area contributed by atoms with Gasteiger partial charge in [-0.25, -0.2) is 4.39 Å². The molecule has 0 saturated heterocycles. The van der Waals surface area contributed by atoms with Crippen LogP contribution in [0.1, 0.15) is 16.7 Å². The van der Waals surface area contributed by atoms with Gasteiger partial charge < -0.3 is 5.32 Å². The van der Waals surface area contributed by atoms with Crippen molar-refractivity contribution < 1.29 is 9.18 Å². The summed E-state index contributed by atoms with van der Waals surface area (Å²) in [4.78, 5) is 16.6. The van der Waals surface area contributed by atoms with Crippen LogP contribution in [0.4, 0.5) is 4.39 Å². The van der Waals surface area contributed by atoms with Crippen molar-refractivity contribution in [3.8, 4) is 11.3 Å². The van der Waals surface area contributed by atoms with Crippen LogP contribution in [0.15, 0.2) is 66.9 Å². The Kier molecular flexibility index (Phi) is 5.19. The zero-order valence-corrected chi connectivity index (χ0v) is 14.0. The van der Waals surface area contributed by atoms with Crippen LogP contribution >= 0.6 is 0 Å². The molecule has 0 radical (unpaired) electrons. The highest BCUT2D eigenvalue weighted by Gasteiger charge is 2.09. The molecular weight excluding hydrogens is 315 g/mol. The number of hydrogen-bond donors (Lipinski definition) is 1. The van der Waals surface area contributed by atoms with E-state index >= 15 is 0 Å². The number of hydrogen-bond acceptors (Lipinski definition) is 2. The summed E-state index contributed by atoms with van der Waals surface area (Å²) in [7, 11) is 0. The second-order valence-corrected chi connectivity index (χ2v) is 5.96. The predicted molar refractivity (Wildman–Crippen MR) is 96.4 cm³/mol. The number of amides is 1. The molecule has 0 aliphatic heterocycles. The van der Waals surface area contributed by atoms with Gasteiger partial charge in [-0.2, -0.15) is 0 Å². The second-order valence-electron chi connectivity index (χ2n) is 5.96. The van der Waals surface area contributed by atoms with Crippen LogP contribution in [0.5, 0.6) is 0 Å². The third kappa shape index (κ3) is 4.51. The van der Waals surface area contributed by atoms with Crippen molar-refractivity contribution in [3.05, 3.63) is 89.4 Å². The third-order valence-corrected chi connectivity index (χ3v) is 3.97. The van der Waals surface area contributed by atoms with Crippen LogP contribution in [0, 0.1) is 12.7 Å². The minimum Gasteiger partial charge on any atom is -0.352 e. The molecule has 0 aliphatic rings. The Labute approximate surface area is 146 Å². The van der Waals surface area contributed by atoms with Crippen molar-refractivity contribution in [2.24, 2.45) is 0 Å². The first-order chi connectivity index (χ1) is 12.1. The topological polar surface area (TPSA) is 42.0 Å². The number of carbonyl (C=O) groups is 1. The van der Waals surface area contributed by atoms with Crippen molar-refractivity contribution in [2.75, 3.05) is 0 Å². The lowest BCUT2D eigenvalue weighted by Gasteiger charge is -2.10. The summed E-state index contributed by atoms with van der Waals surface area (Å²) in [6.45, 7) is 2.40. The average Bonchev–Trinajstić information content (AvgIpc) is 2.63. The number of benzene rings is 2. The summed E-state index contributed by atoms with van der Waals surface area (Å²) in [5.41, 5.74) is 4.62. The van der Waals surface area contributed by atoms with Crippen LogP contribution in [0.25, 0.3) is 11.3 Å². The maximum Gasteiger partial charge on any atom is 0.224 e. The molecule has 3 nitrogen and oxygen atoms in total. The summed E-state index contributed by atoms with van der Waals surface area (Å²) >= 11 is 0. The highest BCUT2D eigenvalue weighted by atomic mass is 19.1. The zero-order chi connectivity index (χ0) is 17.6. The molecular formula is C21H19FN2O. The first-order valence-corrected chi connectivity index (χ1v) is 8.14. The molecule has 0 unspecified atom stereocenters. The maximum atomic E-state index is 13.1. The molecule has 0 saturated carbocycles. The molecule has 0 fully saturated rings. The predicted octanol–water partition coefficient (Wildman–Crippen LogP) is 4.06. The van der Waals surface area contributed by atoms with Crippen LogP contribution in [0.2, 0.25) is 0 Å². The van der Waals surface area contributed by atoms with Crippen molar-refractivity contribution in [2.45, 2.75) is 19.9 Å². The summed E-state index contributed by atoms with van der Waals surface area (Å²) in [5.74, 6) is -0.328. The van der Waals surface area contributed by atoms with Crippen molar-refractivity contribution in [1.29, 1.82) is 0 Å². The summed E-state index contributed by atoms with van der Waals surface area (Å²) in [6.07, 6.45) is 2.03. The molecule has 0 spiro atoms. The van der Waals surface area contributed by atoms with E-state index in [4.69, 9.17) is 0 Å². The van der Waals surface area contributed by atoms with E-state index in [0.29, 0.717) is 13.0 Å². The fourth-order valence-corrected chi connectivity index (χ4v) is 2.60. The molecule has 4 heteroatoms. The van der Waals surface area contributed by atoms with Gasteiger partial charge in [-0.05, 0) is 48.4 Å². The standard InChI is InChI=1S/C21H19FN2O/c1-15-4-6-16(7-5-15)13-20(25)24-14-18-3-2-12-23-21(18)17-8-10-19(22)11-9-17/h2-12H,13-14H2,1H3,(H,24,25). The summed E-state index contributed by atoms with van der Waals surface area (Å²) in [6, 6.07) is 17.9. The molecule has 0 atom stereocenters. The minimum absolute atomic E-state index is 0.0437. The zero-order valence-electron chi connectivity index (χ0n) is 14.0. The first kappa shape index (κ1) is 16.8. The summed E-state index contributed by atoms with van der Waals surface area (Å²) < 4.78 is 13.1. The second kappa shape index (κ2) is 7.71. The van der Waals surface area contributed by atoms with E-state index in [-0.39, 0.29) is 11.7 Å². The lowest BCUT2D eigenvalue weighted by Crippen LogP contribution is -2.25. The van der Waals surface area contributed by atoms with E-state index in [0.717, 1.165) is 22.4 Å².